The Labute approximate surface area is 189 Å². The molecule has 1 fully saturated rings. The normalized spacial score (nSPS) is 17.0. The van der Waals surface area contributed by atoms with Crippen molar-refractivity contribution in [3.8, 4) is 0 Å². The summed E-state index contributed by atoms with van der Waals surface area (Å²) in [5.74, 6) is -1.04. The monoisotopic (exact) mass is 496 g/mol. The highest BCUT2D eigenvalue weighted by Crippen LogP contribution is 2.53. The van der Waals surface area contributed by atoms with Crippen molar-refractivity contribution in [3.63, 3.8) is 0 Å². The molecule has 3 N–H and O–H groups in total. The van der Waals surface area contributed by atoms with Gasteiger partial charge in [-0.05, 0) is 55.9 Å². The van der Waals surface area contributed by atoms with Crippen molar-refractivity contribution in [2.75, 3.05) is 29.8 Å². The van der Waals surface area contributed by atoms with E-state index in [9.17, 15) is 26.3 Å². The fourth-order valence-electron chi connectivity index (χ4n) is 4.08. The molecule has 1 aliphatic rings. The highest BCUT2D eigenvalue weighted by Gasteiger charge is 2.43. The van der Waals surface area contributed by atoms with Crippen LogP contribution in [0.25, 0.3) is 0 Å². The summed E-state index contributed by atoms with van der Waals surface area (Å²) in [6.45, 7) is 1.93. The standard InChI is InChI=1S/C20H33FN2O7S2/c1-3-7-20(8-6-9-20)19(24)16-12-17(21)14-18(13-16)23(31(2,25)26)22-15-30-10-4-5-11-32(27,28)29/h12-14,19,22,24H,3-11,15H2,1-2H3,(H,27,28,29). The van der Waals surface area contributed by atoms with Crippen molar-refractivity contribution in [2.45, 2.75) is 58.0 Å². The number of hydrogen-bond donors (Lipinski definition) is 3. The zero-order valence-electron chi connectivity index (χ0n) is 18.5. The largest absolute Gasteiger partial charge is 0.388 e. The van der Waals surface area contributed by atoms with Gasteiger partial charge < -0.3 is 9.84 Å². The highest BCUT2D eigenvalue weighted by molar-refractivity contribution is 7.92. The van der Waals surface area contributed by atoms with Crippen LogP contribution in [0.2, 0.25) is 0 Å². The van der Waals surface area contributed by atoms with Gasteiger partial charge in [0.15, 0.2) is 0 Å². The van der Waals surface area contributed by atoms with E-state index in [0.29, 0.717) is 12.0 Å². The van der Waals surface area contributed by atoms with Gasteiger partial charge >= 0.3 is 0 Å². The van der Waals surface area contributed by atoms with E-state index in [1.165, 1.54) is 12.1 Å². The molecule has 2 rings (SSSR count). The van der Waals surface area contributed by atoms with Gasteiger partial charge in [-0.15, -0.1) is 0 Å². The van der Waals surface area contributed by atoms with Crippen LogP contribution >= 0.6 is 0 Å². The molecule has 0 amide bonds. The van der Waals surface area contributed by atoms with Crippen LogP contribution in [-0.2, 0) is 24.9 Å². The Hall–Kier alpha value is -1.31. The fraction of sp³-hybridized carbons (Fsp3) is 0.700. The van der Waals surface area contributed by atoms with E-state index >= 15 is 0 Å². The Balaban J connectivity index is 2.08. The molecule has 0 aromatic heterocycles. The second-order valence-electron chi connectivity index (χ2n) is 8.34. The number of nitrogens with zero attached hydrogens (tertiary/aromatic N) is 1. The van der Waals surface area contributed by atoms with Crippen LogP contribution in [0.15, 0.2) is 18.2 Å². The molecular formula is C20H33FN2O7S2. The average Bonchev–Trinajstić information content (AvgIpc) is 2.63. The number of hydrazine groups is 1. The number of sulfonamides is 1. The molecule has 0 heterocycles. The first-order chi connectivity index (χ1) is 14.9. The molecule has 0 aliphatic heterocycles. The van der Waals surface area contributed by atoms with E-state index in [0.717, 1.165) is 48.8 Å². The predicted molar refractivity (Wildman–Crippen MR) is 119 cm³/mol. The van der Waals surface area contributed by atoms with Gasteiger partial charge in [-0.25, -0.2) is 17.2 Å². The van der Waals surface area contributed by atoms with E-state index in [2.05, 4.69) is 5.43 Å². The van der Waals surface area contributed by atoms with Gasteiger partial charge in [-0.1, -0.05) is 19.8 Å². The molecule has 1 unspecified atom stereocenters. The summed E-state index contributed by atoms with van der Waals surface area (Å²) in [4.78, 5) is 0. The van der Waals surface area contributed by atoms with Crippen LogP contribution in [0.3, 0.4) is 0 Å². The molecule has 0 bridgehead atoms. The first kappa shape index (κ1) is 26.9. The van der Waals surface area contributed by atoms with E-state index < -0.39 is 32.1 Å². The third kappa shape index (κ3) is 7.63. The lowest BCUT2D eigenvalue weighted by molar-refractivity contribution is -0.0441. The van der Waals surface area contributed by atoms with Crippen LogP contribution in [0.5, 0.6) is 0 Å². The van der Waals surface area contributed by atoms with Crippen molar-refractivity contribution < 1.29 is 35.6 Å². The van der Waals surface area contributed by atoms with Gasteiger partial charge in [0, 0.05) is 12.0 Å². The molecule has 32 heavy (non-hydrogen) atoms. The van der Waals surface area contributed by atoms with E-state index in [4.69, 9.17) is 9.29 Å². The number of ether oxygens (including phenoxy) is 1. The van der Waals surface area contributed by atoms with E-state index in [-0.39, 0.29) is 36.6 Å². The molecule has 0 saturated heterocycles. The predicted octanol–water partition coefficient (Wildman–Crippen LogP) is 2.74. The third-order valence-corrected chi connectivity index (χ3v) is 7.52. The second kappa shape index (κ2) is 11.2. The van der Waals surface area contributed by atoms with Crippen LogP contribution in [0.1, 0.15) is 63.5 Å². The third-order valence-electron chi connectivity index (χ3n) is 5.72. The Morgan fingerprint density at radius 2 is 1.91 bits per heavy atom. The summed E-state index contributed by atoms with van der Waals surface area (Å²) < 4.78 is 75.1. The molecule has 0 spiro atoms. The van der Waals surface area contributed by atoms with Crippen LogP contribution in [0, 0.1) is 11.2 Å². The molecule has 12 heteroatoms. The molecule has 0 radical (unpaired) electrons. The lowest BCUT2D eigenvalue weighted by Crippen LogP contribution is -2.44. The number of aliphatic hydroxyl groups is 1. The van der Waals surface area contributed by atoms with Crippen LogP contribution in [-0.4, -0.2) is 51.8 Å². The zero-order chi connectivity index (χ0) is 24.0. The topological polar surface area (TPSA) is 133 Å². The Kier molecular flexibility index (Phi) is 9.44. The Bertz CT molecular complexity index is 966. The van der Waals surface area contributed by atoms with Crippen LogP contribution in [0.4, 0.5) is 10.1 Å². The fourth-order valence-corrected chi connectivity index (χ4v) is 5.42. The van der Waals surface area contributed by atoms with Crippen molar-refractivity contribution >= 4 is 25.8 Å². The van der Waals surface area contributed by atoms with Crippen LogP contribution < -0.4 is 9.84 Å². The summed E-state index contributed by atoms with van der Waals surface area (Å²) in [6.07, 6.45) is 4.97. The molecule has 1 aromatic carbocycles. The number of nitrogens with one attached hydrogen (secondary N) is 1. The summed E-state index contributed by atoms with van der Waals surface area (Å²) in [5.41, 5.74) is 2.61. The summed E-state index contributed by atoms with van der Waals surface area (Å²) >= 11 is 0. The quantitative estimate of drug-likeness (QED) is 0.155. The Morgan fingerprint density at radius 3 is 2.44 bits per heavy atom. The highest BCUT2D eigenvalue weighted by atomic mass is 32.2. The van der Waals surface area contributed by atoms with Gasteiger partial charge in [-0.2, -0.15) is 13.8 Å². The first-order valence-corrected chi connectivity index (χ1v) is 14.1. The van der Waals surface area contributed by atoms with E-state index in [1.807, 2.05) is 6.92 Å². The maximum Gasteiger partial charge on any atom is 0.264 e. The van der Waals surface area contributed by atoms with E-state index in [1.54, 1.807) is 0 Å². The first-order valence-electron chi connectivity index (χ1n) is 10.6. The minimum absolute atomic E-state index is 0.0162. The summed E-state index contributed by atoms with van der Waals surface area (Å²) in [6, 6.07) is 3.75. The number of anilines is 1. The summed E-state index contributed by atoms with van der Waals surface area (Å²) in [7, 11) is -7.88. The van der Waals surface area contributed by atoms with Crippen molar-refractivity contribution in [3.05, 3.63) is 29.6 Å². The number of unbranched alkanes of at least 4 members (excludes halogenated alkanes) is 1. The van der Waals surface area contributed by atoms with Crippen molar-refractivity contribution in [1.82, 2.24) is 5.43 Å². The van der Waals surface area contributed by atoms with Crippen molar-refractivity contribution in [1.29, 1.82) is 0 Å². The van der Waals surface area contributed by atoms with Crippen molar-refractivity contribution in [2.24, 2.45) is 5.41 Å². The molecule has 1 atom stereocenters. The smallest absolute Gasteiger partial charge is 0.264 e. The average molecular weight is 497 g/mol. The number of halogens is 1. The van der Waals surface area contributed by atoms with Gasteiger partial charge in [-0.3, -0.25) is 4.55 Å². The molecule has 184 valence electrons. The second-order valence-corrected chi connectivity index (χ2v) is 11.7. The maximum atomic E-state index is 14.4. The minimum Gasteiger partial charge on any atom is -0.388 e. The van der Waals surface area contributed by atoms with Gasteiger partial charge in [0.1, 0.15) is 12.5 Å². The molecule has 1 aliphatic carbocycles. The molecule has 1 aromatic rings. The number of rotatable bonds is 14. The number of benzene rings is 1. The molecule has 1 saturated carbocycles. The number of aliphatic hydroxyl groups excluding tert-OH is 1. The van der Waals surface area contributed by atoms with Gasteiger partial charge in [0.2, 0.25) is 10.0 Å². The SMILES string of the molecule is CCCC1(C(O)c2cc(F)cc(N(NCOCCCCS(=O)(=O)O)S(C)(=O)=O)c2)CCC1. The Morgan fingerprint density at radius 1 is 1.22 bits per heavy atom. The minimum atomic E-state index is -4.03. The number of hydrogen-bond acceptors (Lipinski definition) is 7. The maximum absolute atomic E-state index is 14.4. The molecule has 9 nitrogen and oxygen atoms in total. The lowest BCUT2D eigenvalue weighted by Gasteiger charge is -2.46. The van der Waals surface area contributed by atoms with Gasteiger partial charge in [0.05, 0.1) is 23.8 Å². The van der Waals surface area contributed by atoms with Gasteiger partial charge in [0.25, 0.3) is 10.1 Å². The lowest BCUT2D eigenvalue weighted by atomic mass is 9.61. The zero-order valence-corrected chi connectivity index (χ0v) is 20.1. The summed E-state index contributed by atoms with van der Waals surface area (Å²) in [5, 5.41) is 11.0. The molecular weight excluding hydrogens is 463 g/mol.